The predicted octanol–water partition coefficient (Wildman–Crippen LogP) is 2.45. The summed E-state index contributed by atoms with van der Waals surface area (Å²) in [5.41, 5.74) is 1.16. The van der Waals surface area contributed by atoms with Crippen LogP contribution in [0.1, 0.15) is 19.4 Å². The fraction of sp³-hybridized carbons (Fsp3) is 0.467. The highest BCUT2D eigenvalue weighted by molar-refractivity contribution is 5.43. The number of ether oxygens (including phenoxy) is 2. The molecule has 3 nitrogen and oxygen atoms in total. The van der Waals surface area contributed by atoms with Gasteiger partial charge in [0, 0.05) is 6.54 Å². The third kappa shape index (κ3) is 4.68. The van der Waals surface area contributed by atoms with E-state index in [-0.39, 0.29) is 6.61 Å². The van der Waals surface area contributed by atoms with E-state index >= 15 is 0 Å². The van der Waals surface area contributed by atoms with Crippen molar-refractivity contribution in [3.8, 4) is 23.8 Å². The highest BCUT2D eigenvalue weighted by atomic mass is 16.5. The first-order valence-electron chi connectivity index (χ1n) is 6.11. The summed E-state index contributed by atoms with van der Waals surface area (Å²) in [5, 5.41) is 3.39. The molecule has 0 aliphatic carbocycles. The Morgan fingerprint density at radius 2 is 2.11 bits per heavy atom. The van der Waals surface area contributed by atoms with Gasteiger partial charge < -0.3 is 14.8 Å². The van der Waals surface area contributed by atoms with E-state index in [1.165, 1.54) is 0 Å². The van der Waals surface area contributed by atoms with Crippen molar-refractivity contribution in [3.05, 3.63) is 23.8 Å². The van der Waals surface area contributed by atoms with Gasteiger partial charge in [-0.3, -0.25) is 0 Å². The first-order valence-corrected chi connectivity index (χ1v) is 6.11. The van der Waals surface area contributed by atoms with Crippen molar-refractivity contribution >= 4 is 0 Å². The molecule has 0 aliphatic rings. The quantitative estimate of drug-likeness (QED) is 0.751. The third-order valence-electron chi connectivity index (χ3n) is 2.42. The average Bonchev–Trinajstić information content (AvgIpc) is 2.36. The largest absolute Gasteiger partial charge is 0.493 e. The number of nitrogens with one attached hydrogen (secondary N) is 1. The standard InChI is InChI=1S/C15H21NO2/c1-5-8-18-15-9-13(6-7-14(15)17-4)11-16-10-12(2)3/h1,6-7,9,12,16H,8,10-11H2,2-4H3. The zero-order valence-corrected chi connectivity index (χ0v) is 11.3. The van der Waals surface area contributed by atoms with Crippen LogP contribution >= 0.6 is 0 Å². The number of hydrogen-bond acceptors (Lipinski definition) is 3. The fourth-order valence-electron chi connectivity index (χ4n) is 1.57. The summed E-state index contributed by atoms with van der Waals surface area (Å²) >= 11 is 0. The summed E-state index contributed by atoms with van der Waals surface area (Å²) in [5.74, 6) is 4.49. The molecule has 0 heterocycles. The van der Waals surface area contributed by atoms with Gasteiger partial charge in [0.15, 0.2) is 11.5 Å². The second kappa shape index (κ2) is 7.62. The molecule has 0 spiro atoms. The van der Waals surface area contributed by atoms with Crippen molar-refractivity contribution in [2.24, 2.45) is 5.92 Å². The Morgan fingerprint density at radius 1 is 1.33 bits per heavy atom. The van der Waals surface area contributed by atoms with E-state index in [2.05, 4.69) is 25.1 Å². The molecule has 0 aromatic heterocycles. The molecule has 18 heavy (non-hydrogen) atoms. The molecule has 0 amide bonds. The molecular formula is C15H21NO2. The minimum absolute atomic E-state index is 0.249. The lowest BCUT2D eigenvalue weighted by Crippen LogP contribution is -2.18. The Balaban J connectivity index is 2.67. The molecule has 1 aromatic carbocycles. The Labute approximate surface area is 109 Å². The second-order valence-electron chi connectivity index (χ2n) is 4.50. The van der Waals surface area contributed by atoms with Crippen LogP contribution in [0.2, 0.25) is 0 Å². The third-order valence-corrected chi connectivity index (χ3v) is 2.42. The molecule has 0 bridgehead atoms. The highest BCUT2D eigenvalue weighted by Gasteiger charge is 2.05. The lowest BCUT2D eigenvalue weighted by molar-refractivity contribution is 0.330. The van der Waals surface area contributed by atoms with Gasteiger partial charge in [-0.15, -0.1) is 6.42 Å². The van der Waals surface area contributed by atoms with E-state index < -0.39 is 0 Å². The Morgan fingerprint density at radius 3 is 2.72 bits per heavy atom. The van der Waals surface area contributed by atoms with Crippen molar-refractivity contribution in [1.82, 2.24) is 5.32 Å². The van der Waals surface area contributed by atoms with E-state index in [9.17, 15) is 0 Å². The molecule has 1 aromatic rings. The van der Waals surface area contributed by atoms with E-state index in [0.717, 1.165) is 18.7 Å². The van der Waals surface area contributed by atoms with Crippen LogP contribution in [0, 0.1) is 18.3 Å². The highest BCUT2D eigenvalue weighted by Crippen LogP contribution is 2.27. The van der Waals surface area contributed by atoms with Crippen LogP contribution in [0.5, 0.6) is 11.5 Å². The van der Waals surface area contributed by atoms with Gasteiger partial charge in [-0.1, -0.05) is 25.8 Å². The first kappa shape index (κ1) is 14.4. The van der Waals surface area contributed by atoms with Gasteiger partial charge in [-0.05, 0) is 30.2 Å². The summed E-state index contributed by atoms with van der Waals surface area (Å²) in [6.07, 6.45) is 5.19. The molecule has 0 fully saturated rings. The van der Waals surface area contributed by atoms with Gasteiger partial charge >= 0.3 is 0 Å². The van der Waals surface area contributed by atoms with Gasteiger partial charge in [0.25, 0.3) is 0 Å². The first-order chi connectivity index (χ1) is 8.67. The van der Waals surface area contributed by atoms with Crippen molar-refractivity contribution < 1.29 is 9.47 Å². The van der Waals surface area contributed by atoms with Crippen LogP contribution in [-0.4, -0.2) is 20.3 Å². The summed E-state index contributed by atoms with van der Waals surface area (Å²) in [4.78, 5) is 0. The number of terminal acetylenes is 1. The average molecular weight is 247 g/mol. The van der Waals surface area contributed by atoms with Crippen molar-refractivity contribution in [3.63, 3.8) is 0 Å². The SMILES string of the molecule is C#CCOc1cc(CNCC(C)C)ccc1OC. The topological polar surface area (TPSA) is 30.5 Å². The zero-order chi connectivity index (χ0) is 13.4. The molecule has 0 saturated carbocycles. The van der Waals surface area contributed by atoms with E-state index in [1.807, 2.05) is 18.2 Å². The molecule has 0 atom stereocenters. The van der Waals surface area contributed by atoms with Gasteiger partial charge in [0.05, 0.1) is 7.11 Å². The van der Waals surface area contributed by atoms with Gasteiger partial charge in [0.2, 0.25) is 0 Å². The predicted molar refractivity (Wildman–Crippen MR) is 73.9 cm³/mol. The van der Waals surface area contributed by atoms with Crippen LogP contribution in [0.4, 0.5) is 0 Å². The fourth-order valence-corrected chi connectivity index (χ4v) is 1.57. The van der Waals surface area contributed by atoms with Crippen molar-refractivity contribution in [2.75, 3.05) is 20.3 Å². The normalized spacial score (nSPS) is 10.2. The molecule has 3 heteroatoms. The van der Waals surface area contributed by atoms with Crippen molar-refractivity contribution in [2.45, 2.75) is 20.4 Å². The van der Waals surface area contributed by atoms with E-state index in [1.54, 1.807) is 7.11 Å². The zero-order valence-electron chi connectivity index (χ0n) is 11.3. The van der Waals surface area contributed by atoms with Gasteiger partial charge in [-0.25, -0.2) is 0 Å². The van der Waals surface area contributed by atoms with E-state index in [0.29, 0.717) is 17.4 Å². The number of hydrogen-bond donors (Lipinski definition) is 1. The van der Waals surface area contributed by atoms with Crippen LogP contribution in [-0.2, 0) is 6.54 Å². The maximum absolute atomic E-state index is 5.46. The maximum Gasteiger partial charge on any atom is 0.162 e. The van der Waals surface area contributed by atoms with Crippen LogP contribution in [0.25, 0.3) is 0 Å². The van der Waals surface area contributed by atoms with Crippen LogP contribution in [0.15, 0.2) is 18.2 Å². The number of benzene rings is 1. The summed E-state index contributed by atoms with van der Waals surface area (Å²) in [6.45, 7) is 6.42. The number of methoxy groups -OCH3 is 1. The molecule has 0 aliphatic heterocycles. The molecule has 98 valence electrons. The smallest absolute Gasteiger partial charge is 0.162 e. The lowest BCUT2D eigenvalue weighted by atomic mass is 10.2. The molecular weight excluding hydrogens is 226 g/mol. The maximum atomic E-state index is 5.46. The molecule has 0 saturated heterocycles. The van der Waals surface area contributed by atoms with Crippen LogP contribution in [0.3, 0.4) is 0 Å². The second-order valence-corrected chi connectivity index (χ2v) is 4.50. The summed E-state index contributed by atoms with van der Waals surface area (Å²) in [6, 6.07) is 5.89. The monoisotopic (exact) mass is 247 g/mol. The Kier molecular flexibility index (Phi) is 6.10. The van der Waals surface area contributed by atoms with Crippen molar-refractivity contribution in [1.29, 1.82) is 0 Å². The van der Waals surface area contributed by atoms with E-state index in [4.69, 9.17) is 15.9 Å². The molecule has 0 radical (unpaired) electrons. The van der Waals surface area contributed by atoms with Gasteiger partial charge in [0.1, 0.15) is 6.61 Å². The Bertz CT molecular complexity index is 407. The number of rotatable bonds is 7. The summed E-state index contributed by atoms with van der Waals surface area (Å²) < 4.78 is 10.7. The van der Waals surface area contributed by atoms with Gasteiger partial charge in [-0.2, -0.15) is 0 Å². The minimum atomic E-state index is 0.249. The molecule has 0 unspecified atom stereocenters. The Hall–Kier alpha value is -1.66. The minimum Gasteiger partial charge on any atom is -0.493 e. The lowest BCUT2D eigenvalue weighted by Gasteiger charge is -2.12. The molecule has 1 N–H and O–H groups in total. The molecule has 1 rings (SSSR count). The summed E-state index contributed by atoms with van der Waals surface area (Å²) in [7, 11) is 1.62. The van der Waals surface area contributed by atoms with Crippen LogP contribution < -0.4 is 14.8 Å².